The summed E-state index contributed by atoms with van der Waals surface area (Å²) in [5.41, 5.74) is 1.89. The summed E-state index contributed by atoms with van der Waals surface area (Å²) >= 11 is 0. The Balaban J connectivity index is 1.85. The van der Waals surface area contributed by atoms with Gasteiger partial charge in [0.2, 0.25) is 0 Å². The van der Waals surface area contributed by atoms with Gasteiger partial charge in [0.05, 0.1) is 0 Å². The minimum atomic E-state index is -0.746. The summed E-state index contributed by atoms with van der Waals surface area (Å²) in [4.78, 5) is 22.6. The summed E-state index contributed by atoms with van der Waals surface area (Å²) < 4.78 is 13.4. The minimum absolute atomic E-state index is 0.0598. The van der Waals surface area contributed by atoms with E-state index in [1.807, 2.05) is 13.0 Å². The summed E-state index contributed by atoms with van der Waals surface area (Å²) in [5, 5.41) is 8.63. The van der Waals surface area contributed by atoms with Gasteiger partial charge in [0, 0.05) is 18.8 Å². The van der Waals surface area contributed by atoms with E-state index in [2.05, 4.69) is 6.08 Å². The predicted octanol–water partition coefficient (Wildman–Crippen LogP) is 5.17. The molecule has 0 radical (unpaired) electrons. The molecule has 0 aromatic heterocycles. The van der Waals surface area contributed by atoms with Gasteiger partial charge >= 0.3 is 5.97 Å². The number of aliphatic carboxylic acids is 1. The largest absolute Gasteiger partial charge is 0.481 e. The van der Waals surface area contributed by atoms with Crippen molar-refractivity contribution >= 4 is 17.8 Å². The second kappa shape index (κ2) is 9.50. The Morgan fingerprint density at radius 3 is 2.80 bits per heavy atom. The molecule has 0 saturated heterocycles. The van der Waals surface area contributed by atoms with Gasteiger partial charge < -0.3 is 5.11 Å². The van der Waals surface area contributed by atoms with Crippen molar-refractivity contribution in [2.45, 2.75) is 58.3 Å². The second-order valence-electron chi connectivity index (χ2n) is 6.98. The van der Waals surface area contributed by atoms with Crippen LogP contribution < -0.4 is 0 Å². The SMILES string of the molecule is Cc1ccc(F)cc1C=C[C@@H]1CCC(=O)[C@H]1CCCCCCC(=O)O. The van der Waals surface area contributed by atoms with Crippen LogP contribution in [0.15, 0.2) is 24.3 Å². The van der Waals surface area contributed by atoms with Crippen LogP contribution in [0.1, 0.15) is 62.5 Å². The van der Waals surface area contributed by atoms with Crippen molar-refractivity contribution in [1.29, 1.82) is 0 Å². The smallest absolute Gasteiger partial charge is 0.303 e. The van der Waals surface area contributed by atoms with Crippen molar-refractivity contribution in [3.05, 3.63) is 41.2 Å². The van der Waals surface area contributed by atoms with Gasteiger partial charge in [0.25, 0.3) is 0 Å². The number of carbonyl (C=O) groups is 2. The van der Waals surface area contributed by atoms with Gasteiger partial charge in [-0.2, -0.15) is 0 Å². The fourth-order valence-electron chi connectivity index (χ4n) is 3.55. The molecule has 1 saturated carbocycles. The number of rotatable bonds is 9. The second-order valence-corrected chi connectivity index (χ2v) is 6.98. The number of unbranched alkanes of at least 4 members (excludes halogenated alkanes) is 3. The molecule has 0 aliphatic heterocycles. The van der Waals surface area contributed by atoms with E-state index in [-0.39, 0.29) is 24.1 Å². The predicted molar refractivity (Wildman–Crippen MR) is 96.7 cm³/mol. The Labute approximate surface area is 148 Å². The van der Waals surface area contributed by atoms with E-state index >= 15 is 0 Å². The van der Waals surface area contributed by atoms with Gasteiger partial charge in [0.15, 0.2) is 0 Å². The first-order valence-electron chi connectivity index (χ1n) is 9.16. The fraction of sp³-hybridized carbons (Fsp3) is 0.524. The van der Waals surface area contributed by atoms with Crippen molar-refractivity contribution in [2.24, 2.45) is 11.8 Å². The topological polar surface area (TPSA) is 54.4 Å². The lowest BCUT2D eigenvalue weighted by Crippen LogP contribution is -2.13. The van der Waals surface area contributed by atoms with E-state index in [0.717, 1.165) is 43.2 Å². The summed E-state index contributed by atoms with van der Waals surface area (Å²) in [6.45, 7) is 1.95. The highest BCUT2D eigenvalue weighted by atomic mass is 19.1. The Morgan fingerprint density at radius 2 is 2.04 bits per heavy atom. The van der Waals surface area contributed by atoms with Gasteiger partial charge in [0.1, 0.15) is 11.6 Å². The van der Waals surface area contributed by atoms with E-state index in [0.29, 0.717) is 18.6 Å². The Kier molecular flexibility index (Phi) is 7.35. The number of hydrogen-bond donors (Lipinski definition) is 1. The number of hydrogen-bond acceptors (Lipinski definition) is 2. The zero-order chi connectivity index (χ0) is 18.2. The molecule has 0 bridgehead atoms. The molecule has 0 unspecified atom stereocenters. The van der Waals surface area contributed by atoms with Gasteiger partial charge in [-0.3, -0.25) is 9.59 Å². The maximum absolute atomic E-state index is 13.4. The Morgan fingerprint density at radius 1 is 1.28 bits per heavy atom. The normalized spacial score (nSPS) is 20.5. The maximum atomic E-state index is 13.4. The van der Waals surface area contributed by atoms with Gasteiger partial charge in [-0.15, -0.1) is 0 Å². The number of carbonyl (C=O) groups excluding carboxylic acids is 1. The summed E-state index contributed by atoms with van der Waals surface area (Å²) in [6.07, 6.45) is 10.1. The van der Waals surface area contributed by atoms with E-state index in [9.17, 15) is 14.0 Å². The van der Waals surface area contributed by atoms with Gasteiger partial charge in [-0.25, -0.2) is 4.39 Å². The molecule has 3 nitrogen and oxygen atoms in total. The van der Waals surface area contributed by atoms with Gasteiger partial charge in [-0.1, -0.05) is 37.5 Å². The molecule has 2 rings (SSSR count). The Bertz CT molecular complexity index is 636. The molecule has 1 aliphatic carbocycles. The van der Waals surface area contributed by atoms with E-state index < -0.39 is 5.97 Å². The van der Waals surface area contributed by atoms with Crippen molar-refractivity contribution in [2.75, 3.05) is 0 Å². The van der Waals surface area contributed by atoms with Crippen LogP contribution in [0.4, 0.5) is 4.39 Å². The van der Waals surface area contributed by atoms with Gasteiger partial charge in [-0.05, 0) is 55.4 Å². The quantitative estimate of drug-likeness (QED) is 0.628. The van der Waals surface area contributed by atoms with Crippen molar-refractivity contribution < 1.29 is 19.1 Å². The van der Waals surface area contributed by atoms with Crippen LogP contribution in [0.5, 0.6) is 0 Å². The molecular formula is C21H27FO3. The molecule has 25 heavy (non-hydrogen) atoms. The number of carboxylic acids is 1. The van der Waals surface area contributed by atoms with Crippen LogP contribution in [0, 0.1) is 24.6 Å². The van der Waals surface area contributed by atoms with Crippen LogP contribution in [0.2, 0.25) is 0 Å². The van der Waals surface area contributed by atoms with Crippen molar-refractivity contribution in [3.63, 3.8) is 0 Å². The number of halogens is 1. The first kappa shape index (κ1) is 19.4. The number of ketones is 1. The summed E-state index contributed by atoms with van der Waals surface area (Å²) in [7, 11) is 0. The van der Waals surface area contributed by atoms with E-state index in [4.69, 9.17) is 5.11 Å². The standard InChI is InChI=1S/C21H27FO3/c1-15-8-12-18(22)14-17(15)10-9-16-11-13-20(23)19(16)6-4-2-3-5-7-21(24)25/h8-10,12,14,16,19H,2-7,11,13H2,1H3,(H,24,25)/t16-,19+/m1/s1. The van der Waals surface area contributed by atoms with Crippen LogP contribution in [0.25, 0.3) is 6.08 Å². The lowest BCUT2D eigenvalue weighted by molar-refractivity contribution is -0.137. The number of carboxylic acid groups (broad SMARTS) is 1. The number of aryl methyl sites for hydroxylation is 1. The van der Waals surface area contributed by atoms with E-state index in [1.165, 1.54) is 12.1 Å². The zero-order valence-corrected chi connectivity index (χ0v) is 14.8. The average Bonchev–Trinajstić information content (AvgIpc) is 2.91. The highest BCUT2D eigenvalue weighted by Gasteiger charge is 2.32. The number of Topliss-reactive ketones (excluding diaryl/α,β-unsaturated/α-hetero) is 1. The molecule has 4 heteroatoms. The van der Waals surface area contributed by atoms with Crippen LogP contribution >= 0.6 is 0 Å². The maximum Gasteiger partial charge on any atom is 0.303 e. The number of allylic oxidation sites excluding steroid dienone is 1. The average molecular weight is 346 g/mol. The highest BCUT2D eigenvalue weighted by molar-refractivity contribution is 5.84. The summed E-state index contributed by atoms with van der Waals surface area (Å²) in [5.74, 6) is -0.371. The first-order chi connectivity index (χ1) is 12.0. The van der Waals surface area contributed by atoms with Crippen molar-refractivity contribution in [3.8, 4) is 0 Å². The van der Waals surface area contributed by atoms with Crippen LogP contribution in [0.3, 0.4) is 0 Å². The molecule has 2 atom stereocenters. The van der Waals surface area contributed by atoms with Crippen LogP contribution in [-0.4, -0.2) is 16.9 Å². The molecule has 1 fully saturated rings. The third-order valence-corrected chi connectivity index (χ3v) is 5.07. The van der Waals surface area contributed by atoms with Crippen molar-refractivity contribution in [1.82, 2.24) is 0 Å². The fourth-order valence-corrected chi connectivity index (χ4v) is 3.55. The molecule has 1 N–H and O–H groups in total. The lowest BCUT2D eigenvalue weighted by Gasteiger charge is -2.15. The third kappa shape index (κ3) is 6.11. The molecular weight excluding hydrogens is 319 g/mol. The third-order valence-electron chi connectivity index (χ3n) is 5.07. The molecule has 0 heterocycles. The monoisotopic (exact) mass is 346 g/mol. The Hall–Kier alpha value is -1.97. The highest BCUT2D eigenvalue weighted by Crippen LogP contribution is 2.34. The molecule has 0 spiro atoms. The van der Waals surface area contributed by atoms with E-state index in [1.54, 1.807) is 6.07 Å². The molecule has 1 aromatic rings. The minimum Gasteiger partial charge on any atom is -0.481 e. The molecule has 136 valence electrons. The first-order valence-corrected chi connectivity index (χ1v) is 9.16. The zero-order valence-electron chi connectivity index (χ0n) is 14.8. The lowest BCUT2D eigenvalue weighted by atomic mass is 9.89. The number of benzene rings is 1. The molecule has 1 aromatic carbocycles. The summed E-state index contributed by atoms with van der Waals surface area (Å²) in [6, 6.07) is 4.75. The van der Waals surface area contributed by atoms with Crippen LogP contribution in [-0.2, 0) is 9.59 Å². The molecule has 1 aliphatic rings. The molecule has 0 amide bonds.